The molecule has 1 saturated heterocycles. The molecule has 0 saturated carbocycles. The molecule has 3 nitrogen and oxygen atoms in total. The number of benzene rings is 1. The lowest BCUT2D eigenvalue weighted by molar-refractivity contribution is -0.130. The number of hydrogen-bond acceptors (Lipinski definition) is 2. The van der Waals surface area contributed by atoms with E-state index in [1.807, 2.05) is 11.0 Å². The van der Waals surface area contributed by atoms with Crippen LogP contribution in [0, 0.1) is 5.82 Å². The molecule has 1 aliphatic rings. The number of nitrogens with one attached hydrogen (secondary N) is 1. The van der Waals surface area contributed by atoms with Gasteiger partial charge < -0.3 is 10.2 Å². The molecule has 1 N–H and O–H groups in total. The first kappa shape index (κ1) is 14.5. The van der Waals surface area contributed by atoms with Gasteiger partial charge in [0.05, 0.1) is 0 Å². The van der Waals surface area contributed by atoms with E-state index in [0.29, 0.717) is 25.1 Å². The van der Waals surface area contributed by atoms with Crippen LogP contribution in [-0.2, 0) is 11.3 Å². The molecule has 0 atom stereocenters. The van der Waals surface area contributed by atoms with Crippen molar-refractivity contribution in [2.24, 2.45) is 0 Å². The van der Waals surface area contributed by atoms with E-state index in [2.05, 4.69) is 21.2 Å². The van der Waals surface area contributed by atoms with Crippen molar-refractivity contribution in [2.75, 3.05) is 19.6 Å². The molecule has 5 heteroatoms. The fourth-order valence-corrected chi connectivity index (χ4v) is 2.54. The van der Waals surface area contributed by atoms with E-state index in [0.717, 1.165) is 30.4 Å². The first-order chi connectivity index (χ1) is 9.16. The first-order valence-electron chi connectivity index (χ1n) is 6.59. The first-order valence-corrected chi connectivity index (χ1v) is 7.38. The second-order valence-electron chi connectivity index (χ2n) is 4.75. The Morgan fingerprint density at radius 3 is 2.79 bits per heavy atom. The zero-order valence-electron chi connectivity index (χ0n) is 10.8. The van der Waals surface area contributed by atoms with E-state index >= 15 is 0 Å². The lowest BCUT2D eigenvalue weighted by Gasteiger charge is -2.15. The van der Waals surface area contributed by atoms with E-state index in [-0.39, 0.29) is 11.7 Å². The highest BCUT2D eigenvalue weighted by Crippen LogP contribution is 2.15. The number of carbonyl (C=O) groups is 1. The third kappa shape index (κ3) is 4.28. The van der Waals surface area contributed by atoms with Gasteiger partial charge in [0.1, 0.15) is 5.82 Å². The van der Waals surface area contributed by atoms with Crippen LogP contribution in [-0.4, -0.2) is 30.4 Å². The Kier molecular flexibility index (Phi) is 5.34. The Morgan fingerprint density at radius 1 is 1.37 bits per heavy atom. The quantitative estimate of drug-likeness (QED) is 0.843. The number of hydrogen-bond donors (Lipinski definition) is 1. The van der Waals surface area contributed by atoms with Gasteiger partial charge in [0.25, 0.3) is 0 Å². The monoisotopic (exact) mass is 328 g/mol. The maximum Gasteiger partial charge on any atom is 0.223 e. The summed E-state index contributed by atoms with van der Waals surface area (Å²) >= 11 is 3.22. The number of carbonyl (C=O) groups excluding carboxylic acids is 1. The van der Waals surface area contributed by atoms with Gasteiger partial charge in [-0.25, -0.2) is 4.39 Å². The second kappa shape index (κ2) is 7.01. The Balaban J connectivity index is 1.70. The van der Waals surface area contributed by atoms with E-state index in [9.17, 15) is 9.18 Å². The molecule has 0 bridgehead atoms. The predicted molar refractivity (Wildman–Crippen MR) is 76.2 cm³/mol. The summed E-state index contributed by atoms with van der Waals surface area (Å²) in [5.41, 5.74) is 0.622. The molecular weight excluding hydrogens is 311 g/mol. The van der Waals surface area contributed by atoms with Crippen LogP contribution in [0.3, 0.4) is 0 Å². The molecule has 1 aliphatic heterocycles. The molecule has 1 heterocycles. The van der Waals surface area contributed by atoms with Crippen LogP contribution < -0.4 is 5.32 Å². The van der Waals surface area contributed by atoms with Crippen molar-refractivity contribution in [3.63, 3.8) is 0 Å². The fraction of sp³-hybridized carbons (Fsp3) is 0.500. The van der Waals surface area contributed by atoms with Gasteiger partial charge in [-0.2, -0.15) is 0 Å². The minimum absolute atomic E-state index is 0.196. The molecule has 0 spiro atoms. The van der Waals surface area contributed by atoms with Gasteiger partial charge in [0.15, 0.2) is 0 Å². The van der Waals surface area contributed by atoms with Crippen molar-refractivity contribution in [3.8, 4) is 0 Å². The van der Waals surface area contributed by atoms with Crippen LogP contribution in [0.25, 0.3) is 0 Å². The van der Waals surface area contributed by atoms with E-state index < -0.39 is 0 Å². The summed E-state index contributed by atoms with van der Waals surface area (Å²) in [5, 5.41) is 3.11. The summed E-state index contributed by atoms with van der Waals surface area (Å²) in [6.07, 6.45) is 2.71. The standard InChI is InChI=1S/C14H18BrFN2O/c15-12-4-3-11(13(16)9-12)10-17-6-5-14(19)18-7-1-2-8-18/h3-4,9,17H,1-2,5-8,10H2. The number of likely N-dealkylation sites (tertiary alicyclic amines) is 1. The van der Waals surface area contributed by atoms with Crippen LogP contribution in [0.15, 0.2) is 22.7 Å². The summed E-state index contributed by atoms with van der Waals surface area (Å²) in [7, 11) is 0. The third-order valence-corrected chi connectivity index (χ3v) is 3.80. The minimum Gasteiger partial charge on any atom is -0.343 e. The van der Waals surface area contributed by atoms with Crippen LogP contribution in [0.2, 0.25) is 0 Å². The predicted octanol–water partition coefficient (Wildman–Crippen LogP) is 2.69. The number of halogens is 2. The van der Waals surface area contributed by atoms with Crippen molar-refractivity contribution >= 4 is 21.8 Å². The van der Waals surface area contributed by atoms with Gasteiger partial charge in [-0.3, -0.25) is 4.79 Å². The number of rotatable bonds is 5. The van der Waals surface area contributed by atoms with E-state index in [1.54, 1.807) is 6.07 Å². The highest BCUT2D eigenvalue weighted by molar-refractivity contribution is 9.10. The molecule has 1 fully saturated rings. The van der Waals surface area contributed by atoms with E-state index in [4.69, 9.17) is 0 Å². The summed E-state index contributed by atoms with van der Waals surface area (Å²) in [4.78, 5) is 13.7. The second-order valence-corrected chi connectivity index (χ2v) is 5.67. The lowest BCUT2D eigenvalue weighted by atomic mass is 10.2. The van der Waals surface area contributed by atoms with Gasteiger partial charge in [0, 0.05) is 42.6 Å². The maximum absolute atomic E-state index is 13.5. The molecule has 0 unspecified atom stereocenters. The summed E-state index contributed by atoms with van der Waals surface area (Å²) in [6.45, 7) is 2.82. The largest absolute Gasteiger partial charge is 0.343 e. The number of amides is 1. The Bertz CT molecular complexity index is 447. The third-order valence-electron chi connectivity index (χ3n) is 3.30. The zero-order chi connectivity index (χ0) is 13.7. The smallest absolute Gasteiger partial charge is 0.223 e. The summed E-state index contributed by atoms with van der Waals surface area (Å²) in [6, 6.07) is 5.01. The molecular formula is C14H18BrFN2O. The molecule has 1 aromatic carbocycles. The molecule has 2 rings (SSSR count). The average Bonchev–Trinajstić information content (AvgIpc) is 2.90. The van der Waals surface area contributed by atoms with Gasteiger partial charge in [-0.1, -0.05) is 22.0 Å². The highest BCUT2D eigenvalue weighted by atomic mass is 79.9. The topological polar surface area (TPSA) is 32.3 Å². The minimum atomic E-state index is -0.229. The molecule has 19 heavy (non-hydrogen) atoms. The highest BCUT2D eigenvalue weighted by Gasteiger charge is 2.16. The fourth-order valence-electron chi connectivity index (χ4n) is 2.21. The van der Waals surface area contributed by atoms with Gasteiger partial charge in [-0.05, 0) is 25.0 Å². The van der Waals surface area contributed by atoms with Gasteiger partial charge >= 0.3 is 0 Å². The van der Waals surface area contributed by atoms with Crippen LogP contribution >= 0.6 is 15.9 Å². The van der Waals surface area contributed by atoms with Gasteiger partial charge in [-0.15, -0.1) is 0 Å². The number of nitrogens with zero attached hydrogens (tertiary/aromatic N) is 1. The summed E-state index contributed by atoms with van der Waals surface area (Å²) < 4.78 is 14.3. The molecule has 0 radical (unpaired) electrons. The SMILES string of the molecule is O=C(CCNCc1ccc(Br)cc1F)N1CCCC1. The normalized spacial score (nSPS) is 14.9. The molecule has 0 aliphatic carbocycles. The van der Waals surface area contributed by atoms with Crippen molar-refractivity contribution in [3.05, 3.63) is 34.1 Å². The van der Waals surface area contributed by atoms with Crippen molar-refractivity contribution in [1.82, 2.24) is 10.2 Å². The van der Waals surface area contributed by atoms with Crippen LogP contribution in [0.5, 0.6) is 0 Å². The van der Waals surface area contributed by atoms with E-state index in [1.165, 1.54) is 6.07 Å². The Hall–Kier alpha value is -0.940. The Morgan fingerprint density at radius 2 is 2.11 bits per heavy atom. The van der Waals surface area contributed by atoms with Crippen LogP contribution in [0.1, 0.15) is 24.8 Å². The Labute approximate surface area is 121 Å². The molecule has 0 aromatic heterocycles. The average molecular weight is 329 g/mol. The maximum atomic E-state index is 13.5. The van der Waals surface area contributed by atoms with Crippen LogP contribution in [0.4, 0.5) is 4.39 Å². The molecule has 1 aromatic rings. The molecule has 1 amide bonds. The summed E-state index contributed by atoms with van der Waals surface area (Å²) in [5.74, 6) is -0.0333. The van der Waals surface area contributed by atoms with Crippen molar-refractivity contribution in [2.45, 2.75) is 25.8 Å². The lowest BCUT2D eigenvalue weighted by Crippen LogP contribution is -2.30. The van der Waals surface area contributed by atoms with Crippen molar-refractivity contribution < 1.29 is 9.18 Å². The zero-order valence-corrected chi connectivity index (χ0v) is 12.4. The molecule has 104 valence electrons. The van der Waals surface area contributed by atoms with Crippen molar-refractivity contribution in [1.29, 1.82) is 0 Å². The van der Waals surface area contributed by atoms with Gasteiger partial charge in [0.2, 0.25) is 5.91 Å².